The molecule has 0 unspecified atom stereocenters. The molecule has 1 aliphatic heterocycles. The summed E-state index contributed by atoms with van der Waals surface area (Å²) in [4.78, 5) is 33.1. The Morgan fingerprint density at radius 2 is 2.06 bits per heavy atom. The maximum Gasteiger partial charge on any atom is 0.347 e. The minimum absolute atomic E-state index is 0.0242. The van der Waals surface area contributed by atoms with Crippen LogP contribution in [-0.4, -0.2) is 34.7 Å². The first-order chi connectivity index (χ1) is 17.3. The van der Waals surface area contributed by atoms with Gasteiger partial charge < -0.3 is 19.8 Å². The number of benzene rings is 2. The topological polar surface area (TPSA) is 93.3 Å². The predicted octanol–water partition coefficient (Wildman–Crippen LogP) is 6.59. The van der Waals surface area contributed by atoms with Gasteiger partial charge in [0.2, 0.25) is 5.91 Å². The molecule has 2 aromatic carbocycles. The number of thioether (sulfide) groups is 1. The molecule has 5 rings (SSSR count). The lowest BCUT2D eigenvalue weighted by molar-refractivity contribution is -0.113. The van der Waals surface area contributed by atoms with Gasteiger partial charge in [0, 0.05) is 38.9 Å². The van der Waals surface area contributed by atoms with Crippen LogP contribution in [0.2, 0.25) is 10.0 Å². The molecule has 0 saturated carbocycles. The zero-order chi connectivity index (χ0) is 25.4. The van der Waals surface area contributed by atoms with Crippen LogP contribution >= 0.6 is 35.0 Å². The predicted molar refractivity (Wildman–Crippen MR) is 143 cm³/mol. The molecule has 7 nitrogen and oxygen atoms in total. The molecule has 1 amide bonds. The number of pyridine rings is 1. The Morgan fingerprint density at radius 3 is 2.83 bits per heavy atom. The van der Waals surface area contributed by atoms with Crippen molar-refractivity contribution in [3.63, 3.8) is 0 Å². The Bertz CT molecular complexity index is 1560. The van der Waals surface area contributed by atoms with Crippen LogP contribution in [0, 0.1) is 6.92 Å². The van der Waals surface area contributed by atoms with E-state index in [2.05, 4.69) is 15.3 Å². The lowest BCUT2D eigenvalue weighted by atomic mass is 10.1. The Morgan fingerprint density at radius 1 is 1.22 bits per heavy atom. The Labute approximate surface area is 220 Å². The van der Waals surface area contributed by atoms with E-state index in [4.69, 9.17) is 32.7 Å². The Kier molecular flexibility index (Phi) is 6.66. The van der Waals surface area contributed by atoms with E-state index in [9.17, 15) is 9.59 Å². The first kappa shape index (κ1) is 24.2. The van der Waals surface area contributed by atoms with E-state index in [1.54, 1.807) is 31.4 Å². The summed E-state index contributed by atoms with van der Waals surface area (Å²) in [5.41, 5.74) is 3.90. The summed E-state index contributed by atoms with van der Waals surface area (Å²) in [7, 11) is 1.61. The van der Waals surface area contributed by atoms with Crippen molar-refractivity contribution in [1.82, 2.24) is 9.97 Å². The van der Waals surface area contributed by atoms with Gasteiger partial charge in [-0.25, -0.2) is 9.78 Å². The van der Waals surface area contributed by atoms with Crippen LogP contribution in [0.1, 0.15) is 27.2 Å². The molecular formula is C26H19Cl2N3O4S. The number of carbonyl (C=O) groups is 2. The van der Waals surface area contributed by atoms with Gasteiger partial charge in [-0.15, -0.1) is 0 Å². The molecule has 1 aliphatic rings. The average Bonchev–Trinajstić information content (AvgIpc) is 3.39. The highest BCUT2D eigenvalue weighted by Crippen LogP contribution is 2.38. The van der Waals surface area contributed by atoms with E-state index in [1.165, 1.54) is 0 Å². The number of nitrogens with zero attached hydrogens (tertiary/aromatic N) is 1. The number of rotatable bonds is 6. The largest absolute Gasteiger partial charge is 0.497 e. The fourth-order valence-corrected chi connectivity index (χ4v) is 5.22. The lowest BCUT2D eigenvalue weighted by Crippen LogP contribution is -2.15. The smallest absolute Gasteiger partial charge is 0.347 e. The van der Waals surface area contributed by atoms with Crippen molar-refractivity contribution in [2.75, 3.05) is 18.2 Å². The van der Waals surface area contributed by atoms with Crippen molar-refractivity contribution in [1.29, 1.82) is 0 Å². The van der Waals surface area contributed by atoms with Crippen molar-refractivity contribution in [3.05, 3.63) is 81.1 Å². The summed E-state index contributed by atoms with van der Waals surface area (Å²) in [6.45, 7) is 1.83. The zero-order valence-electron chi connectivity index (χ0n) is 19.1. The zero-order valence-corrected chi connectivity index (χ0v) is 21.5. The summed E-state index contributed by atoms with van der Waals surface area (Å²) in [5.74, 6) is 0.364. The monoisotopic (exact) mass is 539 g/mol. The molecule has 4 aromatic rings. The molecule has 3 heterocycles. The van der Waals surface area contributed by atoms with Crippen LogP contribution in [0.3, 0.4) is 0 Å². The Balaban J connectivity index is 1.41. The molecule has 10 heteroatoms. The standard InChI is InChI=1S/C26H19Cl2N3O4S/c1-13-7-18-22(8-14-11-29-20-6-4-16(34-2)10-17(14)20)35-26(33)24(18)25(30-13)36-12-23(32)31-21-5-3-15(27)9-19(21)28/h3-11,29H,12H2,1-2H3,(H,31,32)/b22-8+. The van der Waals surface area contributed by atoms with Crippen molar-refractivity contribution in [2.45, 2.75) is 11.9 Å². The van der Waals surface area contributed by atoms with Crippen LogP contribution in [0.4, 0.5) is 5.69 Å². The first-order valence-corrected chi connectivity index (χ1v) is 12.6. The molecule has 0 atom stereocenters. The minimum atomic E-state index is -0.509. The van der Waals surface area contributed by atoms with E-state index < -0.39 is 5.97 Å². The number of esters is 1. The third-order valence-electron chi connectivity index (χ3n) is 5.54. The van der Waals surface area contributed by atoms with Crippen LogP contribution in [0.25, 0.3) is 22.7 Å². The molecule has 0 saturated heterocycles. The van der Waals surface area contributed by atoms with Crippen molar-refractivity contribution in [2.24, 2.45) is 0 Å². The number of carbonyl (C=O) groups excluding carboxylic acids is 2. The number of halogens is 2. The number of hydrogen-bond acceptors (Lipinski definition) is 6. The molecule has 2 aromatic heterocycles. The van der Waals surface area contributed by atoms with Gasteiger partial charge in [0.25, 0.3) is 0 Å². The average molecular weight is 540 g/mol. The summed E-state index contributed by atoms with van der Waals surface area (Å²) in [6, 6.07) is 12.3. The molecule has 0 aliphatic carbocycles. The summed E-state index contributed by atoms with van der Waals surface area (Å²) >= 11 is 13.2. The number of hydrogen-bond donors (Lipinski definition) is 2. The lowest BCUT2D eigenvalue weighted by Gasteiger charge is -2.09. The molecular weight excluding hydrogens is 521 g/mol. The summed E-state index contributed by atoms with van der Waals surface area (Å²) in [6.07, 6.45) is 3.66. The highest BCUT2D eigenvalue weighted by Gasteiger charge is 2.31. The highest BCUT2D eigenvalue weighted by molar-refractivity contribution is 8.00. The van der Waals surface area contributed by atoms with Gasteiger partial charge in [-0.2, -0.15) is 0 Å². The van der Waals surface area contributed by atoms with Gasteiger partial charge in [0.05, 0.1) is 23.6 Å². The number of aromatic nitrogens is 2. The third kappa shape index (κ3) is 4.80. The van der Waals surface area contributed by atoms with E-state index in [0.29, 0.717) is 43.3 Å². The van der Waals surface area contributed by atoms with Gasteiger partial charge in [-0.1, -0.05) is 35.0 Å². The molecule has 36 heavy (non-hydrogen) atoms. The van der Waals surface area contributed by atoms with Crippen LogP contribution in [-0.2, 0) is 9.53 Å². The second-order valence-electron chi connectivity index (χ2n) is 8.01. The van der Waals surface area contributed by atoms with Crippen molar-refractivity contribution >= 4 is 75.3 Å². The van der Waals surface area contributed by atoms with E-state index >= 15 is 0 Å². The fraction of sp³-hybridized carbons (Fsp3) is 0.115. The van der Waals surface area contributed by atoms with Gasteiger partial charge in [-0.3, -0.25) is 4.79 Å². The number of nitrogens with one attached hydrogen (secondary N) is 2. The van der Waals surface area contributed by atoms with Gasteiger partial charge in [0.15, 0.2) is 0 Å². The molecule has 0 spiro atoms. The summed E-state index contributed by atoms with van der Waals surface area (Å²) < 4.78 is 11.0. The molecule has 0 fully saturated rings. The van der Waals surface area contributed by atoms with E-state index in [1.807, 2.05) is 37.4 Å². The number of aryl methyl sites for hydroxylation is 1. The SMILES string of the molecule is COc1ccc2[nH]cc(/C=C3/OC(=O)c4c3cc(C)nc4SCC(=O)Nc3ccc(Cl)cc3Cl)c2c1. The first-order valence-electron chi connectivity index (χ1n) is 10.8. The second kappa shape index (κ2) is 9.89. The van der Waals surface area contributed by atoms with E-state index in [-0.39, 0.29) is 11.7 Å². The molecule has 2 N–H and O–H groups in total. The molecule has 0 bridgehead atoms. The number of anilines is 1. The van der Waals surface area contributed by atoms with Crippen LogP contribution in [0.15, 0.2) is 53.7 Å². The van der Waals surface area contributed by atoms with Crippen molar-refractivity contribution < 1.29 is 19.1 Å². The Hall–Kier alpha value is -3.46. The summed E-state index contributed by atoms with van der Waals surface area (Å²) in [5, 5.41) is 4.92. The highest BCUT2D eigenvalue weighted by atomic mass is 35.5. The van der Waals surface area contributed by atoms with Gasteiger partial charge in [0.1, 0.15) is 22.1 Å². The maximum atomic E-state index is 12.8. The minimum Gasteiger partial charge on any atom is -0.497 e. The molecule has 182 valence electrons. The number of H-pyrrole nitrogens is 1. The quantitative estimate of drug-likeness (QED) is 0.212. The number of aromatic amines is 1. The van der Waals surface area contributed by atoms with E-state index in [0.717, 1.165) is 34.0 Å². The van der Waals surface area contributed by atoms with Crippen molar-refractivity contribution in [3.8, 4) is 5.75 Å². The number of methoxy groups -OCH3 is 1. The normalized spacial score (nSPS) is 13.7. The number of fused-ring (bicyclic) bond motifs is 2. The maximum absolute atomic E-state index is 12.8. The number of ether oxygens (including phenoxy) is 2. The number of cyclic esters (lactones) is 1. The van der Waals surface area contributed by atoms with Gasteiger partial charge >= 0.3 is 5.97 Å². The van der Waals surface area contributed by atoms with Gasteiger partial charge in [-0.05, 0) is 55.5 Å². The fourth-order valence-electron chi connectivity index (χ4n) is 3.87. The van der Waals surface area contributed by atoms with Crippen LogP contribution < -0.4 is 10.1 Å². The molecule has 0 radical (unpaired) electrons. The second-order valence-corrected chi connectivity index (χ2v) is 9.81. The third-order valence-corrected chi connectivity index (χ3v) is 7.06. The van der Waals surface area contributed by atoms with Crippen LogP contribution in [0.5, 0.6) is 5.75 Å². The number of amides is 1.